The van der Waals surface area contributed by atoms with E-state index in [1.165, 1.54) is 4.90 Å². The van der Waals surface area contributed by atoms with Gasteiger partial charge >= 0.3 is 6.03 Å². The van der Waals surface area contributed by atoms with Crippen LogP contribution in [0.25, 0.3) is 5.69 Å². The second-order valence-electron chi connectivity index (χ2n) is 7.51. The maximum atomic E-state index is 13.1. The highest BCUT2D eigenvalue weighted by Gasteiger charge is 2.38. The van der Waals surface area contributed by atoms with Crippen LogP contribution >= 0.6 is 23.2 Å². The number of para-hydroxylation sites is 1. The molecule has 6 nitrogen and oxygen atoms in total. The summed E-state index contributed by atoms with van der Waals surface area (Å²) in [5, 5.41) is 19.1. The van der Waals surface area contributed by atoms with E-state index >= 15 is 0 Å². The number of hydrogen-bond donors (Lipinski definition) is 2. The Labute approximate surface area is 185 Å². The van der Waals surface area contributed by atoms with Crippen molar-refractivity contribution < 1.29 is 9.90 Å². The summed E-state index contributed by atoms with van der Waals surface area (Å²) in [7, 11) is 1.65. The summed E-state index contributed by atoms with van der Waals surface area (Å²) in [5.74, 6) is 0. The lowest BCUT2D eigenvalue weighted by molar-refractivity contribution is 0.0934. The zero-order valence-corrected chi connectivity index (χ0v) is 18.4. The van der Waals surface area contributed by atoms with Crippen LogP contribution in [0.4, 0.5) is 10.5 Å². The monoisotopic (exact) mass is 444 g/mol. The minimum Gasteiger partial charge on any atom is -0.390 e. The number of fused-ring (bicyclic) bond motifs is 1. The van der Waals surface area contributed by atoms with Crippen LogP contribution in [0.2, 0.25) is 10.0 Å². The second-order valence-corrected chi connectivity index (χ2v) is 8.35. The molecule has 1 aliphatic carbocycles. The molecule has 1 heterocycles. The van der Waals surface area contributed by atoms with Gasteiger partial charge in [-0.15, -0.1) is 0 Å². The summed E-state index contributed by atoms with van der Waals surface area (Å²) < 4.78 is 1.80. The molecule has 0 bridgehead atoms. The second kappa shape index (κ2) is 7.95. The number of aliphatic hydroxyl groups is 1. The van der Waals surface area contributed by atoms with Crippen LogP contribution in [0, 0.1) is 13.8 Å². The molecule has 2 N–H and O–H groups in total. The highest BCUT2D eigenvalue weighted by Crippen LogP contribution is 2.41. The molecule has 2 amide bonds. The Morgan fingerprint density at radius 3 is 2.63 bits per heavy atom. The van der Waals surface area contributed by atoms with E-state index in [4.69, 9.17) is 23.2 Å². The maximum absolute atomic E-state index is 13.1. The number of nitrogens with one attached hydrogen (secondary N) is 1. The molecule has 2 atom stereocenters. The van der Waals surface area contributed by atoms with Gasteiger partial charge in [0.2, 0.25) is 0 Å². The fraction of sp³-hybridized carbons (Fsp3) is 0.273. The Hall–Kier alpha value is -2.54. The lowest BCUT2D eigenvalue weighted by Gasteiger charge is -2.28. The van der Waals surface area contributed by atoms with Gasteiger partial charge < -0.3 is 15.3 Å². The normalized spacial score (nSPS) is 17.7. The summed E-state index contributed by atoms with van der Waals surface area (Å²) in [6.07, 6.45) is -0.390. The first-order valence-electron chi connectivity index (χ1n) is 9.59. The summed E-state index contributed by atoms with van der Waals surface area (Å²) >= 11 is 12.5. The third kappa shape index (κ3) is 3.55. The number of urea groups is 1. The Morgan fingerprint density at radius 2 is 1.93 bits per heavy atom. The fourth-order valence-electron chi connectivity index (χ4n) is 4.06. The van der Waals surface area contributed by atoms with E-state index in [2.05, 4.69) is 10.4 Å². The molecule has 1 aliphatic rings. The number of aliphatic hydroxyl groups excluding tert-OH is 1. The molecule has 2 aromatic carbocycles. The molecule has 0 unspecified atom stereocenters. The molecular weight excluding hydrogens is 423 g/mol. The molecule has 0 aliphatic heterocycles. The predicted molar refractivity (Wildman–Crippen MR) is 119 cm³/mol. The van der Waals surface area contributed by atoms with Crippen molar-refractivity contribution in [1.29, 1.82) is 0 Å². The van der Waals surface area contributed by atoms with Gasteiger partial charge in [0.25, 0.3) is 0 Å². The zero-order chi connectivity index (χ0) is 21.6. The molecule has 3 aromatic rings. The maximum Gasteiger partial charge on any atom is 0.322 e. The third-order valence-electron chi connectivity index (χ3n) is 5.55. The zero-order valence-electron chi connectivity index (χ0n) is 16.9. The molecule has 30 heavy (non-hydrogen) atoms. The molecule has 4 rings (SSSR count). The fourth-order valence-corrected chi connectivity index (χ4v) is 4.65. The van der Waals surface area contributed by atoms with Crippen LogP contribution in [0.15, 0.2) is 42.5 Å². The molecule has 0 spiro atoms. The minimum atomic E-state index is -0.763. The third-order valence-corrected chi connectivity index (χ3v) is 6.11. The van der Waals surface area contributed by atoms with Gasteiger partial charge in [-0.05, 0) is 49.2 Å². The highest BCUT2D eigenvalue weighted by atomic mass is 35.5. The molecule has 0 saturated carbocycles. The van der Waals surface area contributed by atoms with E-state index in [1.807, 2.05) is 44.2 Å². The van der Waals surface area contributed by atoms with Crippen molar-refractivity contribution >= 4 is 34.9 Å². The number of benzene rings is 2. The average Bonchev–Trinajstić information content (AvgIpc) is 3.19. The van der Waals surface area contributed by atoms with Gasteiger partial charge in [-0.1, -0.05) is 41.4 Å². The van der Waals surface area contributed by atoms with E-state index < -0.39 is 12.1 Å². The molecular formula is C22H22Cl2N4O2. The lowest BCUT2D eigenvalue weighted by atomic mass is 10.1. The van der Waals surface area contributed by atoms with E-state index in [-0.39, 0.29) is 6.03 Å². The number of anilines is 1. The molecule has 0 saturated heterocycles. The van der Waals surface area contributed by atoms with Crippen LogP contribution in [-0.4, -0.2) is 39.0 Å². The number of nitrogens with zero attached hydrogens (tertiary/aromatic N) is 3. The van der Waals surface area contributed by atoms with E-state index in [9.17, 15) is 9.90 Å². The number of amides is 2. The predicted octanol–water partition coefficient (Wildman–Crippen LogP) is 4.92. The SMILES string of the molecule is Cc1nn(-c2ccccc2)c(C)c1NC(=O)N(C)[C@@H]1c2cc(Cl)cc(Cl)c2C[C@H]1O. The summed E-state index contributed by atoms with van der Waals surface area (Å²) in [6.45, 7) is 3.75. The number of aryl methyl sites for hydroxylation is 1. The Morgan fingerprint density at radius 1 is 1.23 bits per heavy atom. The largest absolute Gasteiger partial charge is 0.390 e. The van der Waals surface area contributed by atoms with Crippen LogP contribution < -0.4 is 5.32 Å². The van der Waals surface area contributed by atoms with Gasteiger partial charge in [-0.3, -0.25) is 0 Å². The average molecular weight is 445 g/mol. The van der Waals surface area contributed by atoms with Gasteiger partial charge in [0, 0.05) is 23.5 Å². The van der Waals surface area contributed by atoms with Crippen molar-refractivity contribution in [3.05, 3.63) is 75.0 Å². The lowest BCUT2D eigenvalue weighted by Crippen LogP contribution is -2.38. The molecule has 0 fully saturated rings. The molecule has 1 aromatic heterocycles. The number of carbonyl (C=O) groups is 1. The number of carbonyl (C=O) groups excluding carboxylic acids is 1. The van der Waals surface area contributed by atoms with Crippen molar-refractivity contribution in [2.45, 2.75) is 32.4 Å². The molecule has 0 radical (unpaired) electrons. The molecule has 8 heteroatoms. The van der Waals surface area contributed by atoms with Gasteiger partial charge in [0.1, 0.15) is 0 Å². The van der Waals surface area contributed by atoms with E-state index in [1.54, 1.807) is 23.9 Å². The number of likely N-dealkylation sites (N-methyl/N-ethyl adjacent to an activating group) is 1. The quantitative estimate of drug-likeness (QED) is 0.602. The van der Waals surface area contributed by atoms with Crippen LogP contribution in [-0.2, 0) is 6.42 Å². The topological polar surface area (TPSA) is 70.4 Å². The Balaban J connectivity index is 1.61. The van der Waals surface area contributed by atoms with Gasteiger partial charge in [0.15, 0.2) is 0 Å². The van der Waals surface area contributed by atoms with Crippen LogP contribution in [0.5, 0.6) is 0 Å². The van der Waals surface area contributed by atoms with Crippen LogP contribution in [0.1, 0.15) is 28.6 Å². The first-order valence-corrected chi connectivity index (χ1v) is 10.3. The van der Waals surface area contributed by atoms with Crippen molar-refractivity contribution in [1.82, 2.24) is 14.7 Å². The number of rotatable bonds is 3. The van der Waals surface area contributed by atoms with Crippen molar-refractivity contribution in [2.75, 3.05) is 12.4 Å². The molecule has 156 valence electrons. The first-order chi connectivity index (χ1) is 14.3. The van der Waals surface area contributed by atoms with Crippen LogP contribution in [0.3, 0.4) is 0 Å². The summed E-state index contributed by atoms with van der Waals surface area (Å²) in [4.78, 5) is 14.6. The number of aromatic nitrogens is 2. The smallest absolute Gasteiger partial charge is 0.322 e. The standard InChI is InChI=1S/C22H22Cl2N4O2/c1-12-20(13(2)28(26-12)15-7-5-4-6-8-15)25-22(30)27(3)21-17-9-14(23)10-18(24)16(17)11-19(21)29/h4-10,19,21,29H,11H2,1-3H3,(H,25,30)/t19-,21-/m1/s1. The van der Waals surface area contributed by atoms with E-state index in [0.717, 1.165) is 22.5 Å². The van der Waals surface area contributed by atoms with Gasteiger partial charge in [-0.25, -0.2) is 9.48 Å². The Bertz CT molecular complexity index is 1110. The van der Waals surface area contributed by atoms with Gasteiger partial charge in [0.05, 0.1) is 34.9 Å². The number of halogens is 2. The van der Waals surface area contributed by atoms with E-state index in [0.29, 0.717) is 27.8 Å². The van der Waals surface area contributed by atoms with Crippen molar-refractivity contribution in [3.8, 4) is 5.69 Å². The summed E-state index contributed by atoms with van der Waals surface area (Å²) in [5.41, 5.74) is 4.67. The first kappa shape index (κ1) is 20.7. The van der Waals surface area contributed by atoms with Crippen molar-refractivity contribution in [3.63, 3.8) is 0 Å². The number of hydrogen-bond acceptors (Lipinski definition) is 3. The minimum absolute atomic E-state index is 0.346. The Kier molecular flexibility index (Phi) is 5.49. The highest BCUT2D eigenvalue weighted by molar-refractivity contribution is 6.35. The van der Waals surface area contributed by atoms with Gasteiger partial charge in [-0.2, -0.15) is 5.10 Å². The summed E-state index contributed by atoms with van der Waals surface area (Å²) in [6, 6.07) is 12.3. The van der Waals surface area contributed by atoms with Crippen molar-refractivity contribution in [2.24, 2.45) is 0 Å².